The van der Waals surface area contributed by atoms with Crippen LogP contribution < -0.4 is 10.5 Å². The first-order valence-electron chi connectivity index (χ1n) is 9.70. The van der Waals surface area contributed by atoms with Crippen molar-refractivity contribution >= 4 is 5.91 Å². The van der Waals surface area contributed by atoms with E-state index in [2.05, 4.69) is 16.0 Å². The van der Waals surface area contributed by atoms with Gasteiger partial charge in [0.2, 0.25) is 0 Å². The van der Waals surface area contributed by atoms with Crippen LogP contribution in [0.1, 0.15) is 46.7 Å². The molecule has 0 radical (unpaired) electrons. The maximum atomic E-state index is 11.5. The van der Waals surface area contributed by atoms with Crippen LogP contribution in [-0.2, 0) is 17.8 Å². The minimum Gasteiger partial charge on any atom is -0.496 e. The third-order valence-corrected chi connectivity index (χ3v) is 5.05. The molecule has 29 heavy (non-hydrogen) atoms. The fourth-order valence-corrected chi connectivity index (χ4v) is 3.38. The molecule has 0 aliphatic rings. The largest absolute Gasteiger partial charge is 0.496 e. The van der Waals surface area contributed by atoms with Gasteiger partial charge in [-0.25, -0.2) is 4.98 Å². The van der Waals surface area contributed by atoms with E-state index in [1.165, 1.54) is 6.20 Å². The van der Waals surface area contributed by atoms with Crippen molar-refractivity contribution < 1.29 is 14.3 Å². The zero-order valence-electron chi connectivity index (χ0n) is 16.8. The van der Waals surface area contributed by atoms with Crippen molar-refractivity contribution in [1.82, 2.24) is 9.97 Å². The Labute approximate surface area is 171 Å². The molecular weight excluding hydrogens is 366 g/mol. The number of aromatic amines is 1. The van der Waals surface area contributed by atoms with Gasteiger partial charge >= 0.3 is 0 Å². The summed E-state index contributed by atoms with van der Waals surface area (Å²) in [6.07, 6.45) is 2.94. The first-order valence-corrected chi connectivity index (χ1v) is 9.70. The number of hydrogen-bond acceptors (Lipinski definition) is 4. The minimum absolute atomic E-state index is 0.0308. The molecule has 3 N–H and O–H groups in total. The Kier molecular flexibility index (Phi) is 7.03. The highest BCUT2D eigenvalue weighted by Gasteiger charge is 2.24. The van der Waals surface area contributed by atoms with Crippen LogP contribution in [-0.4, -0.2) is 29.1 Å². The maximum absolute atomic E-state index is 11.5. The van der Waals surface area contributed by atoms with Gasteiger partial charge in [0.1, 0.15) is 17.3 Å². The summed E-state index contributed by atoms with van der Waals surface area (Å²) in [6, 6.07) is 18.0. The Balaban J connectivity index is 1.75. The second-order valence-electron chi connectivity index (χ2n) is 7.01. The summed E-state index contributed by atoms with van der Waals surface area (Å²) in [4.78, 5) is 18.9. The van der Waals surface area contributed by atoms with E-state index in [1.54, 1.807) is 7.11 Å². The molecule has 1 aromatic heterocycles. The lowest BCUT2D eigenvalue weighted by Gasteiger charge is -2.23. The van der Waals surface area contributed by atoms with Crippen LogP contribution in [0.5, 0.6) is 5.75 Å². The number of ether oxygens (including phenoxy) is 2. The van der Waals surface area contributed by atoms with Gasteiger partial charge in [0.25, 0.3) is 5.91 Å². The summed E-state index contributed by atoms with van der Waals surface area (Å²) >= 11 is 0. The Hall–Kier alpha value is -3.12. The summed E-state index contributed by atoms with van der Waals surface area (Å²) in [5.74, 6) is 1.01. The van der Waals surface area contributed by atoms with Crippen LogP contribution in [0.15, 0.2) is 60.8 Å². The van der Waals surface area contributed by atoms with E-state index < -0.39 is 5.91 Å². The van der Waals surface area contributed by atoms with Crippen molar-refractivity contribution in [2.24, 2.45) is 5.73 Å². The highest BCUT2D eigenvalue weighted by molar-refractivity contribution is 5.90. The number of para-hydroxylation sites is 1. The minimum atomic E-state index is -0.523. The fourth-order valence-electron chi connectivity index (χ4n) is 3.38. The lowest BCUT2D eigenvalue weighted by Crippen LogP contribution is -2.21. The Morgan fingerprint density at radius 1 is 1.14 bits per heavy atom. The molecule has 6 nitrogen and oxygen atoms in total. The van der Waals surface area contributed by atoms with E-state index >= 15 is 0 Å². The van der Waals surface area contributed by atoms with E-state index in [4.69, 9.17) is 15.2 Å². The van der Waals surface area contributed by atoms with Crippen molar-refractivity contribution in [3.63, 3.8) is 0 Å². The fraction of sp³-hybridized carbons (Fsp3) is 0.304. The zero-order chi connectivity index (χ0) is 20.6. The number of benzene rings is 2. The Bertz CT molecular complexity index is 924. The van der Waals surface area contributed by atoms with E-state index in [9.17, 15) is 4.79 Å². The van der Waals surface area contributed by atoms with Gasteiger partial charge < -0.3 is 20.2 Å². The van der Waals surface area contributed by atoms with Gasteiger partial charge in [-0.05, 0) is 37.0 Å². The number of carbonyl (C=O) groups excluding carboxylic acids is 1. The average molecular weight is 393 g/mol. The summed E-state index contributed by atoms with van der Waals surface area (Å²) in [7, 11) is 1.67. The number of nitrogens with zero attached hydrogens (tertiary/aromatic N) is 1. The molecule has 2 aromatic carbocycles. The summed E-state index contributed by atoms with van der Waals surface area (Å²) in [5.41, 5.74) is 7.92. The summed E-state index contributed by atoms with van der Waals surface area (Å²) < 4.78 is 11.6. The van der Waals surface area contributed by atoms with Crippen molar-refractivity contribution in [1.29, 1.82) is 0 Å². The van der Waals surface area contributed by atoms with Crippen LogP contribution in [0.3, 0.4) is 0 Å². The molecule has 0 saturated heterocycles. The van der Waals surface area contributed by atoms with Gasteiger partial charge in [-0.1, -0.05) is 48.5 Å². The van der Waals surface area contributed by atoms with Crippen molar-refractivity contribution in [2.45, 2.75) is 38.4 Å². The predicted molar refractivity (Wildman–Crippen MR) is 112 cm³/mol. The molecular formula is C23H27N3O3. The third kappa shape index (κ3) is 5.45. The molecule has 0 saturated carbocycles. The van der Waals surface area contributed by atoms with Gasteiger partial charge in [-0.3, -0.25) is 4.79 Å². The lowest BCUT2D eigenvalue weighted by atomic mass is 9.94. The topological polar surface area (TPSA) is 90.2 Å². The van der Waals surface area contributed by atoms with Crippen LogP contribution >= 0.6 is 0 Å². The monoisotopic (exact) mass is 393 g/mol. The first kappa shape index (κ1) is 20.6. The number of amides is 1. The third-order valence-electron chi connectivity index (χ3n) is 5.05. The molecule has 152 valence electrons. The van der Waals surface area contributed by atoms with E-state index in [1.807, 2.05) is 55.5 Å². The molecule has 0 unspecified atom stereocenters. The number of nitrogens with two attached hydrogens (primary N) is 1. The predicted octanol–water partition coefficient (Wildman–Crippen LogP) is 3.84. The van der Waals surface area contributed by atoms with Gasteiger partial charge in [0, 0.05) is 5.92 Å². The van der Waals surface area contributed by atoms with Gasteiger partial charge in [0.05, 0.1) is 26.0 Å². The number of rotatable bonds is 10. The number of aromatic nitrogens is 2. The van der Waals surface area contributed by atoms with Gasteiger partial charge in [-0.2, -0.15) is 0 Å². The summed E-state index contributed by atoms with van der Waals surface area (Å²) in [6.45, 7) is 2.54. The highest BCUT2D eigenvalue weighted by atomic mass is 16.5. The number of hydrogen-bond donors (Lipinski definition) is 2. The second-order valence-corrected chi connectivity index (χ2v) is 7.01. The molecule has 3 rings (SSSR count). The van der Waals surface area contributed by atoms with E-state index in [0.717, 1.165) is 29.7 Å². The molecule has 0 aliphatic heterocycles. The molecule has 3 aromatic rings. The number of nitrogens with one attached hydrogen (secondary N) is 1. The normalized spacial score (nSPS) is 13.0. The van der Waals surface area contributed by atoms with E-state index in [0.29, 0.717) is 18.1 Å². The van der Waals surface area contributed by atoms with E-state index in [-0.39, 0.29) is 12.0 Å². The number of aryl methyl sites for hydroxylation is 1. The summed E-state index contributed by atoms with van der Waals surface area (Å²) in [5, 5.41) is 0. The standard InChI is InChI=1S/C23H27N3O3/c1-16(29-15-17-8-4-3-5-9-17)19(23-25-14-20(26-23)22(24)27)13-12-18-10-6-7-11-21(18)28-2/h3-11,14,16,19H,12-13,15H2,1-2H3,(H2,24,27)(H,25,26)/t16-,19-/m0/s1. The Morgan fingerprint density at radius 2 is 1.86 bits per heavy atom. The zero-order valence-corrected chi connectivity index (χ0v) is 16.8. The lowest BCUT2D eigenvalue weighted by molar-refractivity contribution is 0.0308. The SMILES string of the molecule is COc1ccccc1CC[C@H](c1ncc(C(N)=O)[nH]1)[C@H](C)OCc1ccccc1. The average Bonchev–Trinajstić information content (AvgIpc) is 3.24. The molecule has 0 aliphatic carbocycles. The first-order chi connectivity index (χ1) is 14.1. The van der Waals surface area contributed by atoms with Gasteiger partial charge in [-0.15, -0.1) is 0 Å². The molecule has 2 atom stereocenters. The quantitative estimate of drug-likeness (QED) is 0.548. The second kappa shape index (κ2) is 9.89. The maximum Gasteiger partial charge on any atom is 0.266 e. The molecule has 1 heterocycles. The highest BCUT2D eigenvalue weighted by Crippen LogP contribution is 2.28. The van der Waals surface area contributed by atoms with Crippen LogP contribution in [0, 0.1) is 0 Å². The number of methoxy groups -OCH3 is 1. The van der Waals surface area contributed by atoms with Crippen molar-refractivity contribution in [2.75, 3.05) is 7.11 Å². The molecule has 0 spiro atoms. The van der Waals surface area contributed by atoms with Crippen LogP contribution in [0.4, 0.5) is 0 Å². The molecule has 6 heteroatoms. The number of imidazole rings is 1. The van der Waals surface area contributed by atoms with Crippen LogP contribution in [0.2, 0.25) is 0 Å². The number of H-pyrrole nitrogens is 1. The van der Waals surface area contributed by atoms with Crippen molar-refractivity contribution in [3.05, 3.63) is 83.4 Å². The van der Waals surface area contributed by atoms with Crippen LogP contribution in [0.25, 0.3) is 0 Å². The number of primary amides is 1. The van der Waals surface area contributed by atoms with Gasteiger partial charge in [0.15, 0.2) is 0 Å². The van der Waals surface area contributed by atoms with Crippen molar-refractivity contribution in [3.8, 4) is 5.75 Å². The smallest absolute Gasteiger partial charge is 0.266 e. The number of carbonyl (C=O) groups is 1. The molecule has 0 bridgehead atoms. The molecule has 0 fully saturated rings. The Morgan fingerprint density at radius 3 is 2.55 bits per heavy atom. The molecule has 1 amide bonds.